The molecule has 0 saturated heterocycles. The van der Waals surface area contributed by atoms with Crippen molar-refractivity contribution in [3.8, 4) is 0 Å². The molecule has 6 nitrogen and oxygen atoms in total. The van der Waals surface area contributed by atoms with Gasteiger partial charge in [-0.3, -0.25) is 23.9 Å². The van der Waals surface area contributed by atoms with Crippen molar-refractivity contribution < 1.29 is 9.59 Å². The maximum atomic E-state index is 12.9. The van der Waals surface area contributed by atoms with Crippen molar-refractivity contribution in [2.75, 3.05) is 6.54 Å². The Morgan fingerprint density at radius 2 is 1.59 bits per heavy atom. The van der Waals surface area contributed by atoms with E-state index in [2.05, 4.69) is 4.98 Å². The van der Waals surface area contributed by atoms with Crippen LogP contribution in [0, 0.1) is 20.8 Å². The molecule has 4 rings (SSSR count). The van der Waals surface area contributed by atoms with Gasteiger partial charge in [0.1, 0.15) is 10.7 Å². The average molecular weight is 381 g/mol. The van der Waals surface area contributed by atoms with Gasteiger partial charge in [0.2, 0.25) is 0 Å². The molecule has 1 aromatic carbocycles. The van der Waals surface area contributed by atoms with Crippen LogP contribution in [0.15, 0.2) is 29.1 Å². The first kappa shape index (κ1) is 17.6. The third-order valence-corrected chi connectivity index (χ3v) is 6.22. The van der Waals surface area contributed by atoms with E-state index in [0.717, 1.165) is 15.3 Å². The van der Waals surface area contributed by atoms with Crippen LogP contribution in [-0.2, 0) is 6.54 Å². The van der Waals surface area contributed by atoms with Crippen molar-refractivity contribution in [2.24, 2.45) is 0 Å². The lowest BCUT2D eigenvalue weighted by Gasteiger charge is -2.15. The van der Waals surface area contributed by atoms with Crippen LogP contribution in [0.4, 0.5) is 0 Å². The Hall–Kier alpha value is -2.80. The number of fused-ring (bicyclic) bond motifs is 2. The summed E-state index contributed by atoms with van der Waals surface area (Å²) in [6.07, 6.45) is 0.502. The van der Waals surface area contributed by atoms with E-state index in [-0.39, 0.29) is 23.9 Å². The Morgan fingerprint density at radius 1 is 0.963 bits per heavy atom. The highest BCUT2D eigenvalue weighted by Gasteiger charge is 2.34. The van der Waals surface area contributed by atoms with Crippen LogP contribution in [-0.4, -0.2) is 32.8 Å². The second-order valence-corrected chi connectivity index (χ2v) is 7.94. The molecule has 2 amide bonds. The zero-order valence-electron chi connectivity index (χ0n) is 15.4. The molecule has 1 aliphatic rings. The predicted molar refractivity (Wildman–Crippen MR) is 105 cm³/mol. The Kier molecular flexibility index (Phi) is 4.19. The van der Waals surface area contributed by atoms with E-state index in [1.807, 2.05) is 20.8 Å². The summed E-state index contributed by atoms with van der Waals surface area (Å²) in [6, 6.07) is 6.85. The minimum absolute atomic E-state index is 0.0540. The van der Waals surface area contributed by atoms with Gasteiger partial charge in [-0.1, -0.05) is 12.1 Å². The summed E-state index contributed by atoms with van der Waals surface area (Å²) >= 11 is 1.53. The fourth-order valence-electron chi connectivity index (χ4n) is 3.52. The number of carbonyl (C=O) groups is 2. The molecule has 0 radical (unpaired) electrons. The van der Waals surface area contributed by atoms with Crippen molar-refractivity contribution in [3.05, 3.63) is 62.0 Å². The van der Waals surface area contributed by atoms with E-state index in [0.29, 0.717) is 35.3 Å². The van der Waals surface area contributed by atoms with Crippen LogP contribution >= 0.6 is 11.3 Å². The van der Waals surface area contributed by atoms with Gasteiger partial charge in [-0.15, -0.1) is 11.3 Å². The van der Waals surface area contributed by atoms with Gasteiger partial charge in [0.05, 0.1) is 16.5 Å². The largest absolute Gasteiger partial charge is 0.296 e. The van der Waals surface area contributed by atoms with Crippen LogP contribution < -0.4 is 5.56 Å². The van der Waals surface area contributed by atoms with Gasteiger partial charge >= 0.3 is 0 Å². The lowest BCUT2D eigenvalue weighted by molar-refractivity contribution is 0.0650. The molecule has 2 aromatic heterocycles. The third kappa shape index (κ3) is 2.70. The first-order chi connectivity index (χ1) is 12.9. The van der Waals surface area contributed by atoms with Gasteiger partial charge in [-0.25, -0.2) is 4.98 Å². The quantitative estimate of drug-likeness (QED) is 0.651. The Balaban J connectivity index is 1.55. The SMILES string of the molecule is Cc1sc2nc(C)n(CCCN3C(=O)c4ccccc4C3=O)c(=O)c2c1C. The van der Waals surface area contributed by atoms with Gasteiger partial charge in [-0.2, -0.15) is 0 Å². The highest BCUT2D eigenvalue weighted by molar-refractivity contribution is 7.18. The van der Waals surface area contributed by atoms with Crippen LogP contribution in [0.2, 0.25) is 0 Å². The zero-order chi connectivity index (χ0) is 19.3. The van der Waals surface area contributed by atoms with Crippen LogP contribution in [0.1, 0.15) is 43.4 Å². The molecule has 27 heavy (non-hydrogen) atoms. The molecule has 138 valence electrons. The van der Waals surface area contributed by atoms with Crippen molar-refractivity contribution in [1.29, 1.82) is 0 Å². The number of imide groups is 1. The molecular formula is C20H19N3O3S. The summed E-state index contributed by atoms with van der Waals surface area (Å²) < 4.78 is 1.64. The summed E-state index contributed by atoms with van der Waals surface area (Å²) in [4.78, 5) is 45.5. The monoisotopic (exact) mass is 381 g/mol. The standard InChI is InChI=1S/C20H19N3O3S/c1-11-12(2)27-17-16(11)20(26)22(13(3)21-17)9-6-10-23-18(24)14-7-4-5-8-15(14)19(23)25/h4-5,7-8H,6,9-10H2,1-3H3. The van der Waals surface area contributed by atoms with Gasteiger partial charge < -0.3 is 0 Å². The second-order valence-electron chi connectivity index (χ2n) is 6.74. The second kappa shape index (κ2) is 6.42. The molecule has 7 heteroatoms. The van der Waals surface area contributed by atoms with E-state index >= 15 is 0 Å². The Bertz CT molecular complexity index is 1120. The first-order valence-electron chi connectivity index (χ1n) is 8.82. The minimum Gasteiger partial charge on any atom is -0.296 e. The van der Waals surface area contributed by atoms with Gasteiger partial charge in [0.25, 0.3) is 17.4 Å². The molecule has 0 spiro atoms. The highest BCUT2D eigenvalue weighted by Crippen LogP contribution is 2.26. The lowest BCUT2D eigenvalue weighted by Crippen LogP contribution is -2.32. The summed E-state index contributed by atoms with van der Waals surface area (Å²) in [5, 5.41) is 0.670. The van der Waals surface area contributed by atoms with E-state index in [4.69, 9.17) is 0 Å². The first-order valence-corrected chi connectivity index (χ1v) is 9.64. The van der Waals surface area contributed by atoms with Gasteiger partial charge in [0, 0.05) is 18.0 Å². The molecule has 0 atom stereocenters. The van der Waals surface area contributed by atoms with Crippen molar-refractivity contribution in [2.45, 2.75) is 33.7 Å². The van der Waals surface area contributed by atoms with E-state index < -0.39 is 0 Å². The number of benzene rings is 1. The molecule has 0 fully saturated rings. The van der Waals surface area contributed by atoms with Gasteiger partial charge in [0.15, 0.2) is 0 Å². The number of hydrogen-bond acceptors (Lipinski definition) is 5. The van der Waals surface area contributed by atoms with Crippen molar-refractivity contribution >= 4 is 33.4 Å². The normalized spacial score (nSPS) is 13.7. The van der Waals surface area contributed by atoms with E-state index in [1.165, 1.54) is 16.2 Å². The lowest BCUT2D eigenvalue weighted by atomic mass is 10.1. The fourth-order valence-corrected chi connectivity index (χ4v) is 4.59. The van der Waals surface area contributed by atoms with Crippen molar-refractivity contribution in [1.82, 2.24) is 14.5 Å². The van der Waals surface area contributed by atoms with Crippen LogP contribution in [0.5, 0.6) is 0 Å². The zero-order valence-corrected chi connectivity index (χ0v) is 16.2. The van der Waals surface area contributed by atoms with E-state index in [1.54, 1.807) is 28.8 Å². The number of hydrogen-bond donors (Lipinski definition) is 0. The number of rotatable bonds is 4. The molecule has 1 aliphatic heterocycles. The Labute approximate surface area is 160 Å². The topological polar surface area (TPSA) is 72.3 Å². The number of carbonyl (C=O) groups excluding carboxylic acids is 2. The molecule has 0 saturated carbocycles. The van der Waals surface area contributed by atoms with Crippen LogP contribution in [0.3, 0.4) is 0 Å². The number of amides is 2. The molecular weight excluding hydrogens is 362 g/mol. The molecule has 0 unspecified atom stereocenters. The maximum absolute atomic E-state index is 12.9. The molecule has 0 N–H and O–H groups in total. The highest BCUT2D eigenvalue weighted by atomic mass is 32.1. The minimum atomic E-state index is -0.266. The Morgan fingerprint density at radius 3 is 2.22 bits per heavy atom. The predicted octanol–water partition coefficient (Wildman–Crippen LogP) is 3.07. The summed E-state index contributed by atoms with van der Waals surface area (Å²) in [6.45, 7) is 6.43. The third-order valence-electron chi connectivity index (χ3n) is 5.12. The summed E-state index contributed by atoms with van der Waals surface area (Å²) in [5.41, 5.74) is 1.81. The summed E-state index contributed by atoms with van der Waals surface area (Å²) in [7, 11) is 0. The molecule has 0 bridgehead atoms. The average Bonchev–Trinajstić information content (AvgIpc) is 3.06. The number of nitrogens with zero attached hydrogens (tertiary/aromatic N) is 3. The number of thiophene rings is 1. The van der Waals surface area contributed by atoms with Crippen molar-refractivity contribution in [3.63, 3.8) is 0 Å². The molecule has 0 aliphatic carbocycles. The smallest absolute Gasteiger partial charge is 0.262 e. The molecule has 3 aromatic rings. The summed E-state index contributed by atoms with van der Waals surface area (Å²) in [5.74, 6) is 0.117. The van der Waals surface area contributed by atoms with Gasteiger partial charge in [-0.05, 0) is 44.9 Å². The fraction of sp³-hybridized carbons (Fsp3) is 0.300. The van der Waals surface area contributed by atoms with Crippen LogP contribution in [0.25, 0.3) is 10.2 Å². The molecule has 3 heterocycles. The number of aromatic nitrogens is 2. The number of aryl methyl sites for hydroxylation is 3. The van der Waals surface area contributed by atoms with E-state index in [9.17, 15) is 14.4 Å². The maximum Gasteiger partial charge on any atom is 0.262 e.